The van der Waals surface area contributed by atoms with Crippen molar-refractivity contribution in [2.45, 2.75) is 17.8 Å². The molecule has 0 N–H and O–H groups in total. The van der Waals surface area contributed by atoms with Crippen LogP contribution in [0.1, 0.15) is 11.3 Å². The second kappa shape index (κ2) is 9.56. The highest BCUT2D eigenvalue weighted by atomic mass is 32.2. The first-order valence-corrected chi connectivity index (χ1v) is 12.2. The SMILES string of the molecule is COc1cccc(-c2nc(CSc3nnc(-c4cccnc4)n3-c3ccccc3C)cs2)c1. The molecule has 0 atom stereocenters. The first kappa shape index (κ1) is 21.4. The van der Waals surface area contributed by atoms with E-state index >= 15 is 0 Å². The van der Waals surface area contributed by atoms with Gasteiger partial charge in [0.15, 0.2) is 11.0 Å². The number of methoxy groups -OCH3 is 1. The van der Waals surface area contributed by atoms with Crippen LogP contribution in [0.4, 0.5) is 0 Å². The molecule has 0 bridgehead atoms. The Labute approximate surface area is 200 Å². The van der Waals surface area contributed by atoms with Gasteiger partial charge in [0.25, 0.3) is 0 Å². The molecule has 0 saturated heterocycles. The largest absolute Gasteiger partial charge is 0.497 e. The summed E-state index contributed by atoms with van der Waals surface area (Å²) in [5.74, 6) is 2.29. The van der Waals surface area contributed by atoms with Crippen LogP contribution in [0, 0.1) is 6.92 Å². The number of aromatic nitrogens is 5. The molecule has 33 heavy (non-hydrogen) atoms. The van der Waals surface area contributed by atoms with Crippen LogP contribution in [0.25, 0.3) is 27.6 Å². The molecule has 0 aliphatic carbocycles. The first-order valence-electron chi connectivity index (χ1n) is 10.4. The number of thioether (sulfide) groups is 1. The highest BCUT2D eigenvalue weighted by Crippen LogP contribution is 2.32. The Bertz CT molecular complexity index is 1380. The number of hydrogen-bond donors (Lipinski definition) is 0. The number of hydrogen-bond acceptors (Lipinski definition) is 7. The van der Waals surface area contributed by atoms with Crippen molar-refractivity contribution in [3.05, 3.63) is 89.7 Å². The van der Waals surface area contributed by atoms with E-state index in [2.05, 4.69) is 44.2 Å². The first-order chi connectivity index (χ1) is 16.2. The van der Waals surface area contributed by atoms with Gasteiger partial charge >= 0.3 is 0 Å². The van der Waals surface area contributed by atoms with Gasteiger partial charge in [-0.2, -0.15) is 0 Å². The second-order valence-corrected chi connectivity index (χ2v) is 9.14. The van der Waals surface area contributed by atoms with Gasteiger partial charge in [-0.25, -0.2) is 4.98 Å². The Kier molecular flexibility index (Phi) is 6.19. The molecule has 0 spiro atoms. The third-order valence-corrected chi connectivity index (χ3v) is 7.03. The average molecular weight is 472 g/mol. The minimum absolute atomic E-state index is 0.692. The predicted octanol–water partition coefficient (Wildman–Crippen LogP) is 6.06. The molecule has 3 heterocycles. The third kappa shape index (κ3) is 4.53. The zero-order chi connectivity index (χ0) is 22.6. The lowest BCUT2D eigenvalue weighted by molar-refractivity contribution is 0.415. The molecule has 0 unspecified atom stereocenters. The monoisotopic (exact) mass is 471 g/mol. The van der Waals surface area contributed by atoms with E-state index in [0.29, 0.717) is 5.75 Å². The van der Waals surface area contributed by atoms with Gasteiger partial charge in [-0.3, -0.25) is 9.55 Å². The number of pyridine rings is 1. The topological polar surface area (TPSA) is 65.7 Å². The summed E-state index contributed by atoms with van der Waals surface area (Å²) < 4.78 is 7.45. The van der Waals surface area contributed by atoms with Gasteiger partial charge in [-0.15, -0.1) is 21.5 Å². The van der Waals surface area contributed by atoms with E-state index in [-0.39, 0.29) is 0 Å². The molecular weight excluding hydrogens is 450 g/mol. The molecule has 164 valence electrons. The maximum absolute atomic E-state index is 5.34. The van der Waals surface area contributed by atoms with Gasteiger partial charge < -0.3 is 4.74 Å². The zero-order valence-electron chi connectivity index (χ0n) is 18.2. The van der Waals surface area contributed by atoms with Crippen LogP contribution < -0.4 is 4.74 Å². The summed E-state index contributed by atoms with van der Waals surface area (Å²) in [5, 5.41) is 12.9. The standard InChI is InChI=1S/C25H21N5OS2/c1-17-7-3-4-11-22(17)30-23(19-9-6-12-26-14-19)28-29-25(30)33-16-20-15-32-24(27-20)18-8-5-10-21(13-18)31-2/h3-15H,16H2,1-2H3. The molecule has 0 radical (unpaired) electrons. The molecule has 0 amide bonds. The van der Waals surface area contributed by atoms with Crippen molar-refractivity contribution in [2.24, 2.45) is 0 Å². The summed E-state index contributed by atoms with van der Waals surface area (Å²) in [5.41, 5.74) is 5.19. The Morgan fingerprint density at radius 2 is 1.88 bits per heavy atom. The lowest BCUT2D eigenvalue weighted by atomic mass is 10.2. The van der Waals surface area contributed by atoms with Crippen molar-refractivity contribution in [1.82, 2.24) is 24.7 Å². The molecule has 0 saturated carbocycles. The average Bonchev–Trinajstić information content (AvgIpc) is 3.51. The van der Waals surface area contributed by atoms with E-state index in [9.17, 15) is 0 Å². The Morgan fingerprint density at radius 3 is 2.70 bits per heavy atom. The van der Waals surface area contributed by atoms with E-state index in [0.717, 1.165) is 49.8 Å². The summed E-state index contributed by atoms with van der Waals surface area (Å²) in [7, 11) is 1.67. The summed E-state index contributed by atoms with van der Waals surface area (Å²) in [4.78, 5) is 9.09. The normalized spacial score (nSPS) is 11.0. The van der Waals surface area contributed by atoms with E-state index < -0.39 is 0 Å². The quantitative estimate of drug-likeness (QED) is 0.269. The molecule has 0 fully saturated rings. The van der Waals surface area contributed by atoms with Crippen LogP contribution in [0.2, 0.25) is 0 Å². The van der Waals surface area contributed by atoms with Gasteiger partial charge in [0.1, 0.15) is 10.8 Å². The summed E-state index contributed by atoms with van der Waals surface area (Å²) >= 11 is 3.25. The van der Waals surface area contributed by atoms with Crippen molar-refractivity contribution in [1.29, 1.82) is 0 Å². The van der Waals surface area contributed by atoms with Crippen molar-refractivity contribution < 1.29 is 4.74 Å². The van der Waals surface area contributed by atoms with Crippen molar-refractivity contribution in [3.63, 3.8) is 0 Å². The fraction of sp³-hybridized carbons (Fsp3) is 0.120. The number of para-hydroxylation sites is 1. The van der Waals surface area contributed by atoms with Crippen LogP contribution in [0.3, 0.4) is 0 Å². The highest BCUT2D eigenvalue weighted by molar-refractivity contribution is 7.98. The van der Waals surface area contributed by atoms with E-state index in [1.165, 1.54) is 0 Å². The van der Waals surface area contributed by atoms with Crippen molar-refractivity contribution >= 4 is 23.1 Å². The number of aryl methyl sites for hydroxylation is 1. The molecule has 5 aromatic rings. The maximum atomic E-state index is 5.34. The fourth-order valence-corrected chi connectivity index (χ4v) is 5.24. The second-order valence-electron chi connectivity index (χ2n) is 7.33. The molecule has 5 rings (SSSR count). The Morgan fingerprint density at radius 1 is 1.00 bits per heavy atom. The lowest BCUT2D eigenvalue weighted by Gasteiger charge is -2.12. The van der Waals surface area contributed by atoms with E-state index in [4.69, 9.17) is 9.72 Å². The molecule has 8 heteroatoms. The van der Waals surface area contributed by atoms with Gasteiger partial charge in [0.2, 0.25) is 0 Å². The lowest BCUT2D eigenvalue weighted by Crippen LogP contribution is -2.02. The van der Waals surface area contributed by atoms with Crippen molar-refractivity contribution in [3.8, 4) is 33.4 Å². The molecule has 2 aromatic carbocycles. The number of nitrogens with zero attached hydrogens (tertiary/aromatic N) is 5. The van der Waals surface area contributed by atoms with Crippen LogP contribution in [-0.4, -0.2) is 31.8 Å². The van der Waals surface area contributed by atoms with Gasteiger partial charge in [-0.1, -0.05) is 42.1 Å². The fourth-order valence-electron chi connectivity index (χ4n) is 3.48. The minimum atomic E-state index is 0.692. The molecule has 0 aliphatic heterocycles. The number of rotatable bonds is 7. The Hall–Kier alpha value is -3.49. The zero-order valence-corrected chi connectivity index (χ0v) is 19.8. The van der Waals surface area contributed by atoms with Crippen LogP contribution in [0.15, 0.2) is 83.6 Å². The van der Waals surface area contributed by atoms with E-state index in [1.54, 1.807) is 36.4 Å². The van der Waals surface area contributed by atoms with Crippen molar-refractivity contribution in [2.75, 3.05) is 7.11 Å². The molecule has 3 aromatic heterocycles. The highest BCUT2D eigenvalue weighted by Gasteiger charge is 2.18. The summed E-state index contributed by atoms with van der Waals surface area (Å²) in [6.07, 6.45) is 3.57. The van der Waals surface area contributed by atoms with Crippen LogP contribution >= 0.6 is 23.1 Å². The number of ether oxygens (including phenoxy) is 1. The van der Waals surface area contributed by atoms with Crippen LogP contribution in [-0.2, 0) is 5.75 Å². The number of benzene rings is 2. The summed E-state index contributed by atoms with van der Waals surface area (Å²) in [6, 6.07) is 20.1. The molecule has 6 nitrogen and oxygen atoms in total. The molecular formula is C25H21N5OS2. The Balaban J connectivity index is 1.44. The van der Waals surface area contributed by atoms with Gasteiger partial charge in [-0.05, 0) is 42.8 Å². The third-order valence-electron chi connectivity index (χ3n) is 5.13. The predicted molar refractivity (Wildman–Crippen MR) is 133 cm³/mol. The smallest absolute Gasteiger partial charge is 0.196 e. The van der Waals surface area contributed by atoms with Crippen LogP contribution in [0.5, 0.6) is 5.75 Å². The van der Waals surface area contributed by atoms with Gasteiger partial charge in [0, 0.05) is 34.7 Å². The van der Waals surface area contributed by atoms with Gasteiger partial charge in [0.05, 0.1) is 18.5 Å². The number of thiazole rings is 1. The molecule has 0 aliphatic rings. The van der Waals surface area contributed by atoms with E-state index in [1.807, 2.05) is 54.7 Å². The summed E-state index contributed by atoms with van der Waals surface area (Å²) in [6.45, 7) is 2.09. The minimum Gasteiger partial charge on any atom is -0.497 e. The maximum Gasteiger partial charge on any atom is 0.196 e.